The van der Waals surface area contributed by atoms with Gasteiger partial charge in [0.25, 0.3) is 0 Å². The van der Waals surface area contributed by atoms with E-state index in [-0.39, 0.29) is 18.5 Å². The Kier molecular flexibility index (Phi) is 3.67. The number of benzene rings is 2. The lowest BCUT2D eigenvalue weighted by Gasteiger charge is -2.14. The lowest BCUT2D eigenvalue weighted by molar-refractivity contribution is -0.144. The van der Waals surface area contributed by atoms with E-state index < -0.39 is 6.10 Å². The fraction of sp³-hybridized carbons (Fsp3) is 0.222. The van der Waals surface area contributed by atoms with Gasteiger partial charge >= 0.3 is 11.9 Å². The van der Waals surface area contributed by atoms with Crippen LogP contribution in [0.4, 0.5) is 0 Å². The second-order valence-electron chi connectivity index (χ2n) is 5.24. The van der Waals surface area contributed by atoms with Crippen LogP contribution in [-0.4, -0.2) is 11.9 Å². The Balaban J connectivity index is 2.11. The quantitative estimate of drug-likeness (QED) is 0.815. The second kappa shape index (κ2) is 5.64. The average molecular weight is 296 g/mol. The first kappa shape index (κ1) is 14.3. The first-order chi connectivity index (χ1) is 10.6. The Hall–Kier alpha value is -2.62. The monoisotopic (exact) mass is 296 g/mol. The smallest absolute Gasteiger partial charge is 0.303 e. The zero-order valence-electron chi connectivity index (χ0n) is 12.5. The van der Waals surface area contributed by atoms with Crippen molar-refractivity contribution in [3.63, 3.8) is 0 Å². The van der Waals surface area contributed by atoms with Gasteiger partial charge in [0.1, 0.15) is 6.61 Å². The Morgan fingerprint density at radius 2 is 1.68 bits per heavy atom. The Morgan fingerprint density at radius 1 is 0.955 bits per heavy atom. The third kappa shape index (κ3) is 2.48. The molecule has 0 aliphatic heterocycles. The fourth-order valence-corrected chi connectivity index (χ4v) is 2.88. The van der Waals surface area contributed by atoms with Gasteiger partial charge in [-0.3, -0.25) is 9.59 Å². The van der Waals surface area contributed by atoms with Crippen LogP contribution in [-0.2, 0) is 25.7 Å². The minimum absolute atomic E-state index is 0.208. The number of ether oxygens (including phenoxy) is 2. The van der Waals surface area contributed by atoms with Crippen LogP contribution < -0.4 is 0 Å². The number of fused-ring (bicyclic) bond motifs is 3. The molecule has 1 atom stereocenters. The highest BCUT2D eigenvalue weighted by Crippen LogP contribution is 2.47. The van der Waals surface area contributed by atoms with Crippen molar-refractivity contribution in [1.29, 1.82) is 0 Å². The van der Waals surface area contributed by atoms with Gasteiger partial charge in [-0.05, 0) is 16.7 Å². The number of rotatable bonds is 3. The Labute approximate surface area is 128 Å². The van der Waals surface area contributed by atoms with Gasteiger partial charge in [-0.25, -0.2) is 0 Å². The molecule has 4 nitrogen and oxygen atoms in total. The maximum Gasteiger partial charge on any atom is 0.303 e. The van der Waals surface area contributed by atoms with E-state index in [0.29, 0.717) is 0 Å². The molecule has 1 unspecified atom stereocenters. The van der Waals surface area contributed by atoms with Crippen LogP contribution in [0.3, 0.4) is 0 Å². The molecule has 0 aromatic heterocycles. The van der Waals surface area contributed by atoms with E-state index in [9.17, 15) is 9.59 Å². The first-order valence-electron chi connectivity index (χ1n) is 7.09. The summed E-state index contributed by atoms with van der Waals surface area (Å²) in [5.74, 6) is -0.640. The molecule has 0 N–H and O–H groups in total. The number of carbonyl (C=O) groups excluding carboxylic acids is 2. The van der Waals surface area contributed by atoms with E-state index in [1.165, 1.54) is 13.8 Å². The summed E-state index contributed by atoms with van der Waals surface area (Å²) in [6, 6.07) is 13.6. The van der Waals surface area contributed by atoms with Crippen molar-refractivity contribution in [1.82, 2.24) is 0 Å². The lowest BCUT2D eigenvalue weighted by atomic mass is 10.00. The van der Waals surface area contributed by atoms with Crippen LogP contribution in [0.5, 0.6) is 0 Å². The van der Waals surface area contributed by atoms with Crippen LogP contribution in [0.25, 0.3) is 11.1 Å². The standard InChI is InChI=1S/C18H16O4/c1-11(19)21-10-13-6-5-9-16-17(13)14-7-3-4-8-15(14)18(16)22-12(2)20/h3-9,18H,10H2,1-2H3. The largest absolute Gasteiger partial charge is 0.461 e. The molecule has 112 valence electrons. The third-order valence-electron chi connectivity index (χ3n) is 3.69. The molecule has 3 rings (SSSR count). The van der Waals surface area contributed by atoms with E-state index in [4.69, 9.17) is 9.47 Å². The van der Waals surface area contributed by atoms with Crippen LogP contribution in [0.2, 0.25) is 0 Å². The van der Waals surface area contributed by atoms with Crippen molar-refractivity contribution >= 4 is 11.9 Å². The van der Waals surface area contributed by atoms with Gasteiger partial charge in [-0.2, -0.15) is 0 Å². The highest BCUT2D eigenvalue weighted by atomic mass is 16.5. The minimum atomic E-state index is -0.402. The van der Waals surface area contributed by atoms with Crippen LogP contribution in [0, 0.1) is 0 Å². The summed E-state index contributed by atoms with van der Waals surface area (Å²) in [4.78, 5) is 22.5. The predicted octanol–water partition coefficient (Wildman–Crippen LogP) is 3.38. The second-order valence-corrected chi connectivity index (χ2v) is 5.24. The van der Waals surface area contributed by atoms with Crippen LogP contribution in [0.15, 0.2) is 42.5 Å². The fourth-order valence-electron chi connectivity index (χ4n) is 2.88. The summed E-state index contributed by atoms with van der Waals surface area (Å²) in [5.41, 5.74) is 4.82. The molecule has 22 heavy (non-hydrogen) atoms. The summed E-state index contributed by atoms with van der Waals surface area (Å²) < 4.78 is 10.6. The molecule has 0 saturated carbocycles. The topological polar surface area (TPSA) is 52.6 Å². The van der Waals surface area contributed by atoms with Gasteiger partial charge in [0, 0.05) is 25.0 Å². The van der Waals surface area contributed by atoms with Crippen molar-refractivity contribution in [3.05, 3.63) is 59.2 Å². The highest BCUT2D eigenvalue weighted by molar-refractivity contribution is 5.82. The first-order valence-corrected chi connectivity index (χ1v) is 7.09. The molecule has 0 radical (unpaired) electrons. The highest BCUT2D eigenvalue weighted by Gasteiger charge is 2.32. The van der Waals surface area contributed by atoms with Crippen LogP contribution >= 0.6 is 0 Å². The van der Waals surface area contributed by atoms with E-state index in [2.05, 4.69) is 0 Å². The van der Waals surface area contributed by atoms with Crippen LogP contribution in [0.1, 0.15) is 36.6 Å². The normalized spacial score (nSPS) is 14.9. The maximum atomic E-state index is 11.4. The van der Waals surface area contributed by atoms with Crippen molar-refractivity contribution in [2.24, 2.45) is 0 Å². The summed E-state index contributed by atoms with van der Waals surface area (Å²) in [6.45, 7) is 3.00. The van der Waals surface area contributed by atoms with E-state index >= 15 is 0 Å². The molecule has 2 aromatic rings. The number of hydrogen-bond acceptors (Lipinski definition) is 4. The van der Waals surface area contributed by atoms with E-state index in [1.807, 2.05) is 42.5 Å². The van der Waals surface area contributed by atoms with E-state index in [1.54, 1.807) is 0 Å². The predicted molar refractivity (Wildman–Crippen MR) is 81.0 cm³/mol. The van der Waals surface area contributed by atoms with Crippen molar-refractivity contribution in [2.75, 3.05) is 0 Å². The minimum Gasteiger partial charge on any atom is -0.461 e. The third-order valence-corrected chi connectivity index (χ3v) is 3.69. The van der Waals surface area contributed by atoms with Gasteiger partial charge in [-0.15, -0.1) is 0 Å². The molecular weight excluding hydrogens is 280 g/mol. The summed E-state index contributed by atoms with van der Waals surface area (Å²) in [5, 5.41) is 0. The molecular formula is C18H16O4. The number of hydrogen-bond donors (Lipinski definition) is 0. The lowest BCUT2D eigenvalue weighted by Crippen LogP contribution is -2.07. The van der Waals surface area contributed by atoms with Gasteiger partial charge in [-0.1, -0.05) is 42.5 Å². The zero-order chi connectivity index (χ0) is 15.7. The molecule has 0 fully saturated rings. The number of esters is 2. The molecule has 0 saturated heterocycles. The van der Waals surface area contributed by atoms with Crippen molar-refractivity contribution in [3.8, 4) is 11.1 Å². The van der Waals surface area contributed by atoms with Gasteiger partial charge in [0.2, 0.25) is 0 Å². The molecule has 0 amide bonds. The molecule has 4 heteroatoms. The molecule has 0 bridgehead atoms. The summed E-state index contributed by atoms with van der Waals surface area (Å²) in [6.07, 6.45) is -0.402. The molecule has 1 aliphatic rings. The van der Waals surface area contributed by atoms with E-state index in [0.717, 1.165) is 27.8 Å². The zero-order valence-corrected chi connectivity index (χ0v) is 12.5. The summed E-state index contributed by atoms with van der Waals surface area (Å²) in [7, 11) is 0. The van der Waals surface area contributed by atoms with Crippen molar-refractivity contribution < 1.29 is 19.1 Å². The SMILES string of the molecule is CC(=O)OCc1cccc2c1-c1ccccc1C2OC(C)=O. The van der Waals surface area contributed by atoms with Gasteiger partial charge in [0.05, 0.1) is 0 Å². The van der Waals surface area contributed by atoms with Gasteiger partial charge < -0.3 is 9.47 Å². The van der Waals surface area contributed by atoms with Gasteiger partial charge in [0.15, 0.2) is 6.10 Å². The molecule has 1 aliphatic carbocycles. The number of carbonyl (C=O) groups is 2. The average Bonchev–Trinajstić information content (AvgIpc) is 2.80. The molecule has 0 heterocycles. The molecule has 2 aromatic carbocycles. The Bertz CT molecular complexity index is 749. The summed E-state index contributed by atoms with van der Waals surface area (Å²) >= 11 is 0. The van der Waals surface area contributed by atoms with Crippen molar-refractivity contribution in [2.45, 2.75) is 26.6 Å². The Morgan fingerprint density at radius 3 is 2.41 bits per heavy atom. The maximum absolute atomic E-state index is 11.4. The molecule has 0 spiro atoms.